The summed E-state index contributed by atoms with van der Waals surface area (Å²) in [5.41, 5.74) is 7.61. The van der Waals surface area contributed by atoms with E-state index in [2.05, 4.69) is 115 Å². The molecule has 0 amide bonds. The van der Waals surface area contributed by atoms with Gasteiger partial charge in [-0.25, -0.2) is 0 Å². The Morgan fingerprint density at radius 3 is 1.90 bits per heavy atom. The molecule has 0 unspecified atom stereocenters. The van der Waals surface area contributed by atoms with Crippen LogP contribution in [0.3, 0.4) is 0 Å². The van der Waals surface area contributed by atoms with Gasteiger partial charge in [-0.1, -0.05) is 115 Å². The minimum atomic E-state index is -0.344. The summed E-state index contributed by atoms with van der Waals surface area (Å²) in [6, 6.07) is 45.0. The molecule has 5 aromatic carbocycles. The molecule has 1 aliphatic carbocycles. The highest BCUT2D eigenvalue weighted by Crippen LogP contribution is 2.57. The number of fused-ring (bicyclic) bond motifs is 5. The van der Waals surface area contributed by atoms with Crippen molar-refractivity contribution in [1.82, 2.24) is 0 Å². The van der Waals surface area contributed by atoms with Crippen LogP contribution in [0.15, 0.2) is 115 Å². The average Bonchev–Trinajstić information content (AvgIpc) is 3.12. The van der Waals surface area contributed by atoms with Gasteiger partial charge in [-0.15, -0.1) is 0 Å². The van der Waals surface area contributed by atoms with E-state index < -0.39 is 0 Å². The lowest BCUT2D eigenvalue weighted by Crippen LogP contribution is -2.28. The number of hydrogen-bond acceptors (Lipinski definition) is 0. The van der Waals surface area contributed by atoms with Gasteiger partial charge in [-0.3, -0.25) is 0 Å². The third kappa shape index (κ3) is 2.14. The topological polar surface area (TPSA) is 0 Å². The lowest BCUT2D eigenvalue weighted by atomic mass is 9.67. The monoisotopic (exact) mass is 367 g/mol. The summed E-state index contributed by atoms with van der Waals surface area (Å²) in [6.07, 6.45) is 0. The highest BCUT2D eigenvalue weighted by Gasteiger charge is 2.46. The molecule has 29 heavy (non-hydrogen) atoms. The molecule has 0 nitrogen and oxygen atoms in total. The van der Waals surface area contributed by atoms with Crippen molar-refractivity contribution >= 4 is 10.8 Å². The van der Waals surface area contributed by atoms with Crippen molar-refractivity contribution < 1.29 is 0 Å². The molecule has 0 bridgehead atoms. The molecule has 6 rings (SSSR count). The minimum Gasteiger partial charge on any atom is -0.0622 e. The van der Waals surface area contributed by atoms with Gasteiger partial charge in [-0.2, -0.15) is 0 Å². The molecule has 1 aliphatic rings. The Bertz CT molecular complexity index is 1290. The van der Waals surface area contributed by atoms with Gasteiger partial charge in [0, 0.05) is 0 Å². The highest BCUT2D eigenvalue weighted by molar-refractivity contribution is 5.99. The van der Waals surface area contributed by atoms with Crippen molar-refractivity contribution in [1.29, 1.82) is 0 Å². The first kappa shape index (κ1) is 16.3. The van der Waals surface area contributed by atoms with Gasteiger partial charge in [-0.05, 0) is 50.2 Å². The first-order chi connectivity index (χ1) is 14.4. The van der Waals surface area contributed by atoms with Gasteiger partial charge in [0.2, 0.25) is 0 Å². The Morgan fingerprint density at radius 2 is 1.17 bits per heavy atom. The summed E-state index contributed by atoms with van der Waals surface area (Å²) in [5, 5.41) is 2.43. The summed E-state index contributed by atoms with van der Waals surface area (Å²) >= 11 is 0. The maximum Gasteiger partial charge on any atom is 0.0719 e. The van der Waals surface area contributed by atoms with E-state index in [-0.39, 0.29) is 5.41 Å². The first-order valence-electron chi connectivity index (χ1n) is 10.1. The van der Waals surface area contributed by atoms with E-state index in [0.29, 0.717) is 0 Å². The second-order valence-electron chi connectivity index (χ2n) is 7.65. The molecule has 0 heterocycles. The third-order valence-electron chi connectivity index (χ3n) is 6.25. The van der Waals surface area contributed by atoms with Crippen LogP contribution < -0.4 is 0 Å². The van der Waals surface area contributed by atoms with E-state index in [1.807, 2.05) is 6.07 Å². The molecule has 0 aromatic heterocycles. The van der Waals surface area contributed by atoms with Crippen molar-refractivity contribution in [3.8, 4) is 11.1 Å². The van der Waals surface area contributed by atoms with Crippen molar-refractivity contribution in [2.75, 3.05) is 0 Å². The molecule has 0 atom stereocenters. The normalized spacial score (nSPS) is 13.8. The van der Waals surface area contributed by atoms with E-state index in [0.717, 1.165) is 5.39 Å². The molecule has 0 fully saturated rings. The zero-order valence-electron chi connectivity index (χ0n) is 16.0. The van der Waals surface area contributed by atoms with E-state index in [1.54, 1.807) is 0 Å². The number of rotatable bonds is 2. The Morgan fingerprint density at radius 1 is 0.517 bits per heavy atom. The lowest BCUT2D eigenvalue weighted by Gasteiger charge is -2.34. The number of benzene rings is 5. The molecule has 135 valence electrons. The van der Waals surface area contributed by atoms with E-state index in [4.69, 9.17) is 0 Å². The Balaban J connectivity index is 1.88. The fourth-order valence-corrected chi connectivity index (χ4v) is 5.15. The van der Waals surface area contributed by atoms with Crippen LogP contribution in [0, 0.1) is 6.07 Å². The Labute approximate surface area is 171 Å². The van der Waals surface area contributed by atoms with E-state index in [1.165, 1.54) is 38.8 Å². The van der Waals surface area contributed by atoms with Crippen LogP contribution in [0.2, 0.25) is 0 Å². The predicted molar refractivity (Wildman–Crippen MR) is 120 cm³/mol. The fourth-order valence-electron chi connectivity index (χ4n) is 5.15. The smallest absolute Gasteiger partial charge is 0.0622 e. The van der Waals surface area contributed by atoms with Crippen molar-refractivity contribution in [3.63, 3.8) is 0 Å². The fraction of sp³-hybridized carbons (Fsp3) is 0.0345. The zero-order valence-corrected chi connectivity index (χ0v) is 16.0. The Kier molecular flexibility index (Phi) is 3.48. The molecule has 0 saturated heterocycles. The molecular weight excluding hydrogens is 348 g/mol. The largest absolute Gasteiger partial charge is 0.0719 e. The van der Waals surface area contributed by atoms with Gasteiger partial charge < -0.3 is 0 Å². The molecule has 0 N–H and O–H groups in total. The maximum absolute atomic E-state index is 3.45. The van der Waals surface area contributed by atoms with Crippen LogP contribution in [-0.4, -0.2) is 0 Å². The van der Waals surface area contributed by atoms with Crippen LogP contribution >= 0.6 is 0 Å². The van der Waals surface area contributed by atoms with Crippen molar-refractivity contribution in [2.24, 2.45) is 0 Å². The van der Waals surface area contributed by atoms with Crippen LogP contribution in [0.25, 0.3) is 21.9 Å². The zero-order chi connectivity index (χ0) is 19.3. The van der Waals surface area contributed by atoms with Crippen LogP contribution in [0.4, 0.5) is 0 Å². The summed E-state index contributed by atoms with van der Waals surface area (Å²) < 4.78 is 0. The van der Waals surface area contributed by atoms with Gasteiger partial charge in [0.15, 0.2) is 0 Å². The standard InChI is InChI=1S/C29H19/c1-3-12-22(13-4-1)29(23-14-5-2-6-15-23)27-18-10-9-17-25(27)26-20-19-21-11-7-8-16-24(21)28(26)29/h1-10,12-20H. The Hall–Kier alpha value is -3.64. The maximum atomic E-state index is 3.45. The third-order valence-corrected chi connectivity index (χ3v) is 6.25. The van der Waals surface area contributed by atoms with Crippen LogP contribution in [-0.2, 0) is 5.41 Å². The number of hydrogen-bond donors (Lipinski definition) is 0. The van der Waals surface area contributed by atoms with Gasteiger partial charge in [0.25, 0.3) is 0 Å². The van der Waals surface area contributed by atoms with Gasteiger partial charge >= 0.3 is 0 Å². The molecular formula is C29H19. The molecule has 1 radical (unpaired) electrons. The summed E-state index contributed by atoms with van der Waals surface area (Å²) in [4.78, 5) is 0. The molecule has 5 aromatic rings. The molecule has 0 heteroatoms. The lowest BCUT2D eigenvalue weighted by molar-refractivity contribution is 0.775. The quantitative estimate of drug-likeness (QED) is 0.309. The predicted octanol–water partition coefficient (Wildman–Crippen LogP) is 7.00. The van der Waals surface area contributed by atoms with Crippen LogP contribution in [0.1, 0.15) is 22.3 Å². The summed E-state index contributed by atoms with van der Waals surface area (Å²) in [6.45, 7) is 0. The molecule has 0 aliphatic heterocycles. The SMILES string of the molecule is [c]1cccc2c3c(ccc12)-c1ccccc1C3(c1ccccc1)c1ccccc1. The van der Waals surface area contributed by atoms with Crippen molar-refractivity contribution in [3.05, 3.63) is 144 Å². The second-order valence-corrected chi connectivity index (χ2v) is 7.65. The minimum absolute atomic E-state index is 0.344. The average molecular weight is 367 g/mol. The van der Waals surface area contributed by atoms with Crippen molar-refractivity contribution in [2.45, 2.75) is 5.41 Å². The molecule has 0 spiro atoms. The van der Waals surface area contributed by atoms with Gasteiger partial charge in [0.05, 0.1) is 5.41 Å². The summed E-state index contributed by atoms with van der Waals surface area (Å²) in [5.74, 6) is 0. The second kappa shape index (κ2) is 6.18. The first-order valence-corrected chi connectivity index (χ1v) is 10.1. The molecule has 0 saturated carbocycles. The van der Waals surface area contributed by atoms with Crippen LogP contribution in [0.5, 0.6) is 0 Å². The van der Waals surface area contributed by atoms with E-state index in [9.17, 15) is 0 Å². The van der Waals surface area contributed by atoms with E-state index >= 15 is 0 Å². The summed E-state index contributed by atoms with van der Waals surface area (Å²) in [7, 11) is 0. The van der Waals surface area contributed by atoms with Gasteiger partial charge in [0.1, 0.15) is 0 Å². The highest BCUT2D eigenvalue weighted by atomic mass is 14.5.